The number of imidazole rings is 1. The molecule has 64 valence electrons. The third kappa shape index (κ3) is 5.13. The van der Waals surface area contributed by atoms with Gasteiger partial charge in [0.2, 0.25) is 0 Å². The lowest BCUT2D eigenvalue weighted by Gasteiger charge is -1.70. The molecule has 0 atom stereocenters. The molecule has 0 unspecified atom stereocenters. The van der Waals surface area contributed by atoms with Crippen LogP contribution in [-0.2, 0) is 0 Å². The molecule has 0 fully saturated rings. The zero-order valence-electron chi connectivity index (χ0n) is 6.51. The van der Waals surface area contributed by atoms with Crippen molar-refractivity contribution in [1.82, 2.24) is 15.0 Å². The summed E-state index contributed by atoms with van der Waals surface area (Å²) in [5, 5.41) is 0. The van der Waals surface area contributed by atoms with Gasteiger partial charge in [-0.25, -0.2) is 4.98 Å². The molecule has 0 saturated heterocycles. The highest BCUT2D eigenvalue weighted by Gasteiger charge is 1.58. The van der Waals surface area contributed by atoms with Crippen LogP contribution in [-0.4, -0.2) is 20.4 Å². The highest BCUT2D eigenvalue weighted by molar-refractivity contribution is 4.88. The molecule has 0 spiro atoms. The van der Waals surface area contributed by atoms with E-state index in [2.05, 4.69) is 15.0 Å². The first-order valence-electron chi connectivity index (χ1n) is 3.28. The lowest BCUT2D eigenvalue weighted by atomic mass is 10.5. The van der Waals surface area contributed by atoms with E-state index in [0.29, 0.717) is 0 Å². The zero-order chi connectivity index (χ0) is 7.78. The van der Waals surface area contributed by atoms with Gasteiger partial charge in [0.25, 0.3) is 0 Å². The Hall–Kier alpha value is -1.68. The summed E-state index contributed by atoms with van der Waals surface area (Å²) in [4.78, 5) is 10.2. The van der Waals surface area contributed by atoms with E-state index < -0.39 is 0 Å². The smallest absolute Gasteiger partial charge is 0.0919 e. The van der Waals surface area contributed by atoms with Gasteiger partial charge in [0.1, 0.15) is 0 Å². The molecule has 2 aromatic heterocycles. The van der Waals surface area contributed by atoms with E-state index in [1.54, 1.807) is 31.1 Å². The van der Waals surface area contributed by atoms with E-state index in [1.165, 1.54) is 0 Å². The second-order valence-electron chi connectivity index (χ2n) is 1.79. The fourth-order valence-corrected chi connectivity index (χ4v) is 0.528. The summed E-state index contributed by atoms with van der Waals surface area (Å²) < 4.78 is 0. The van der Waals surface area contributed by atoms with Crippen molar-refractivity contribution in [2.24, 2.45) is 0 Å². The molecule has 2 heterocycles. The molecule has 0 aliphatic heterocycles. The SMILES string of the molecule is O.c1c[nH]cn1.c1ccncc1. The van der Waals surface area contributed by atoms with Crippen LogP contribution in [0.25, 0.3) is 0 Å². The summed E-state index contributed by atoms with van der Waals surface area (Å²) in [5.74, 6) is 0. The first-order valence-corrected chi connectivity index (χ1v) is 3.28. The van der Waals surface area contributed by atoms with Crippen LogP contribution < -0.4 is 0 Å². The standard InChI is InChI=1S/C5H5N.C3H4N2.H2O/c1-2-4-6-5-3-1;1-2-5-3-4-1;/h1-5H;1-3H,(H,4,5);1H2. The van der Waals surface area contributed by atoms with Crippen LogP contribution in [0.15, 0.2) is 49.3 Å². The quantitative estimate of drug-likeness (QED) is 0.623. The van der Waals surface area contributed by atoms with Crippen LogP contribution in [0, 0.1) is 0 Å². The van der Waals surface area contributed by atoms with Crippen molar-refractivity contribution in [3.63, 3.8) is 0 Å². The third-order valence-electron chi connectivity index (χ3n) is 0.972. The highest BCUT2D eigenvalue weighted by atomic mass is 16.0. The van der Waals surface area contributed by atoms with E-state index in [1.807, 2.05) is 18.2 Å². The summed E-state index contributed by atoms with van der Waals surface area (Å²) in [7, 11) is 0. The van der Waals surface area contributed by atoms with Crippen molar-refractivity contribution < 1.29 is 5.48 Å². The van der Waals surface area contributed by atoms with Crippen molar-refractivity contribution in [2.75, 3.05) is 0 Å². The van der Waals surface area contributed by atoms with Gasteiger partial charge in [0, 0.05) is 24.8 Å². The lowest BCUT2D eigenvalue weighted by molar-refractivity contribution is 0.824. The molecule has 2 aromatic rings. The van der Waals surface area contributed by atoms with Gasteiger partial charge in [-0.05, 0) is 12.1 Å². The number of nitrogens with zero attached hydrogens (tertiary/aromatic N) is 2. The van der Waals surface area contributed by atoms with E-state index >= 15 is 0 Å². The van der Waals surface area contributed by atoms with Crippen LogP contribution in [0.4, 0.5) is 0 Å². The summed E-state index contributed by atoms with van der Waals surface area (Å²) >= 11 is 0. The average molecular weight is 165 g/mol. The molecule has 0 radical (unpaired) electrons. The molecule has 0 bridgehead atoms. The molecular formula is C8H11N3O. The summed E-state index contributed by atoms with van der Waals surface area (Å²) in [6.45, 7) is 0. The zero-order valence-corrected chi connectivity index (χ0v) is 6.51. The normalized spacial score (nSPS) is 7.33. The molecule has 4 nitrogen and oxygen atoms in total. The summed E-state index contributed by atoms with van der Waals surface area (Å²) in [6, 6.07) is 5.72. The maximum Gasteiger partial charge on any atom is 0.0919 e. The number of rotatable bonds is 0. The minimum Gasteiger partial charge on any atom is -0.412 e. The van der Waals surface area contributed by atoms with Crippen LogP contribution in [0.2, 0.25) is 0 Å². The van der Waals surface area contributed by atoms with Gasteiger partial charge in [-0.15, -0.1) is 0 Å². The van der Waals surface area contributed by atoms with E-state index in [-0.39, 0.29) is 5.48 Å². The first kappa shape index (κ1) is 10.3. The van der Waals surface area contributed by atoms with E-state index in [9.17, 15) is 0 Å². The van der Waals surface area contributed by atoms with E-state index in [0.717, 1.165) is 0 Å². The Morgan fingerprint density at radius 3 is 1.75 bits per heavy atom. The third-order valence-corrected chi connectivity index (χ3v) is 0.972. The molecule has 3 N–H and O–H groups in total. The topological polar surface area (TPSA) is 73.1 Å². The molecular weight excluding hydrogens is 154 g/mol. The van der Waals surface area contributed by atoms with Crippen molar-refractivity contribution in [3.05, 3.63) is 49.3 Å². The molecule has 4 heteroatoms. The van der Waals surface area contributed by atoms with Crippen molar-refractivity contribution in [3.8, 4) is 0 Å². The molecule has 0 aliphatic rings. The molecule has 0 aliphatic carbocycles. The van der Waals surface area contributed by atoms with Crippen molar-refractivity contribution >= 4 is 0 Å². The molecule has 12 heavy (non-hydrogen) atoms. The Kier molecular flexibility index (Phi) is 6.39. The van der Waals surface area contributed by atoms with Gasteiger partial charge in [-0.1, -0.05) is 6.07 Å². The first-order chi connectivity index (χ1) is 5.50. The molecule has 0 aromatic carbocycles. The minimum absolute atomic E-state index is 0. The Morgan fingerprint density at radius 2 is 1.58 bits per heavy atom. The second-order valence-corrected chi connectivity index (χ2v) is 1.79. The number of pyridine rings is 1. The van der Waals surface area contributed by atoms with Crippen LogP contribution >= 0.6 is 0 Å². The molecule has 0 amide bonds. The van der Waals surface area contributed by atoms with Gasteiger partial charge < -0.3 is 10.5 Å². The molecule has 0 saturated carbocycles. The largest absolute Gasteiger partial charge is 0.412 e. The highest BCUT2D eigenvalue weighted by Crippen LogP contribution is 1.73. The van der Waals surface area contributed by atoms with Crippen LogP contribution in [0.3, 0.4) is 0 Å². The summed E-state index contributed by atoms with van der Waals surface area (Å²) in [6.07, 6.45) is 8.58. The van der Waals surface area contributed by atoms with Crippen molar-refractivity contribution in [2.45, 2.75) is 0 Å². The van der Waals surface area contributed by atoms with Gasteiger partial charge in [0.05, 0.1) is 6.33 Å². The Labute approximate surface area is 70.6 Å². The number of aromatic nitrogens is 3. The van der Waals surface area contributed by atoms with Gasteiger partial charge in [0.15, 0.2) is 0 Å². The fourth-order valence-electron chi connectivity index (χ4n) is 0.528. The predicted octanol–water partition coefficient (Wildman–Crippen LogP) is 0.667. The van der Waals surface area contributed by atoms with Gasteiger partial charge in [-0.3, -0.25) is 4.98 Å². The Balaban J connectivity index is 0.000000189. The van der Waals surface area contributed by atoms with Crippen LogP contribution in [0.1, 0.15) is 0 Å². The number of hydrogen-bond donors (Lipinski definition) is 1. The number of hydrogen-bond acceptors (Lipinski definition) is 2. The van der Waals surface area contributed by atoms with Gasteiger partial charge in [-0.2, -0.15) is 0 Å². The average Bonchev–Trinajstić information content (AvgIpc) is 2.64. The Bertz CT molecular complexity index is 200. The lowest BCUT2D eigenvalue weighted by Crippen LogP contribution is -1.58. The van der Waals surface area contributed by atoms with Gasteiger partial charge >= 0.3 is 0 Å². The maximum absolute atomic E-state index is 3.78. The molecule has 2 rings (SSSR count). The van der Waals surface area contributed by atoms with Crippen molar-refractivity contribution in [1.29, 1.82) is 0 Å². The number of aromatic amines is 1. The van der Waals surface area contributed by atoms with Crippen LogP contribution in [0.5, 0.6) is 0 Å². The minimum atomic E-state index is 0. The Morgan fingerprint density at radius 1 is 0.833 bits per heavy atom. The predicted molar refractivity (Wildman–Crippen MR) is 46.4 cm³/mol. The summed E-state index contributed by atoms with van der Waals surface area (Å²) in [5.41, 5.74) is 0. The number of H-pyrrole nitrogens is 1. The number of nitrogens with one attached hydrogen (secondary N) is 1. The second kappa shape index (κ2) is 7.43. The monoisotopic (exact) mass is 165 g/mol. The van der Waals surface area contributed by atoms with E-state index in [4.69, 9.17) is 0 Å². The fraction of sp³-hybridized carbons (Fsp3) is 0. The maximum atomic E-state index is 3.78.